The first-order valence-electron chi connectivity index (χ1n) is 6.88. The lowest BCUT2D eigenvalue weighted by Crippen LogP contribution is -3.02. The molecule has 0 saturated carbocycles. The van der Waals surface area contributed by atoms with E-state index < -0.39 is 34.6 Å². The van der Waals surface area contributed by atoms with Crippen LogP contribution in [0.2, 0.25) is 45.8 Å². The van der Waals surface area contributed by atoms with Crippen LogP contribution in [0.4, 0.5) is 0 Å². The zero-order valence-corrected chi connectivity index (χ0v) is 17.4. The van der Waals surface area contributed by atoms with E-state index in [9.17, 15) is 4.79 Å². The van der Waals surface area contributed by atoms with Crippen LogP contribution in [-0.2, 0) is 9.22 Å². The monoisotopic (exact) mass is 332 g/mol. The van der Waals surface area contributed by atoms with Gasteiger partial charge in [-0.05, 0) is 0 Å². The smallest absolute Gasteiger partial charge is 0.331 e. The fraction of sp³-hybridized carbons (Fsp3) is 0.750. The molecule has 0 aromatic carbocycles. The van der Waals surface area contributed by atoms with Gasteiger partial charge in [0.2, 0.25) is 0 Å². The third-order valence-corrected chi connectivity index (χ3v) is 104. The van der Waals surface area contributed by atoms with Gasteiger partial charge >= 0.3 is 5.97 Å². The van der Waals surface area contributed by atoms with Crippen molar-refractivity contribution in [3.05, 3.63) is 12.2 Å². The minimum Gasteiger partial charge on any atom is -0.478 e. The number of carboxylic acid groups (broad SMARTS) is 1. The minimum absolute atomic E-state index is 0.271. The normalized spacial score (nSPS) is 25.4. The molecule has 3 nitrogen and oxygen atoms in total. The quantitative estimate of drug-likeness (QED) is 0.622. The van der Waals surface area contributed by atoms with Gasteiger partial charge in [-0.2, -0.15) is 0 Å². The van der Waals surface area contributed by atoms with Crippen molar-refractivity contribution in [2.75, 3.05) is 6.61 Å². The maximum Gasteiger partial charge on any atom is 0.331 e. The highest BCUT2D eigenvalue weighted by Gasteiger charge is 2.79. The van der Waals surface area contributed by atoms with Crippen LogP contribution in [0.15, 0.2) is 12.2 Å². The van der Waals surface area contributed by atoms with Crippen molar-refractivity contribution in [2.24, 2.45) is 0 Å². The van der Waals surface area contributed by atoms with Gasteiger partial charge in [-0.25, -0.2) is 4.79 Å². The van der Waals surface area contributed by atoms with Crippen molar-refractivity contribution < 1.29 is 14.3 Å². The topological polar surface area (TPSA) is 46.5 Å². The van der Waals surface area contributed by atoms with Crippen molar-refractivity contribution in [3.8, 4) is 0 Å². The van der Waals surface area contributed by atoms with Gasteiger partial charge in [-0.3, -0.25) is 0 Å². The van der Waals surface area contributed by atoms with Crippen molar-refractivity contribution in [3.63, 3.8) is 0 Å². The van der Waals surface area contributed by atoms with Crippen LogP contribution < -0.4 is 0 Å². The fourth-order valence-electron chi connectivity index (χ4n) is 3.54. The Morgan fingerprint density at radius 2 is 1.42 bits per heavy atom. The van der Waals surface area contributed by atoms with E-state index in [1.54, 1.807) is 0 Å². The zero-order chi connectivity index (χ0) is 15.3. The summed E-state index contributed by atoms with van der Waals surface area (Å²) in [5.74, 6) is -0.897. The van der Waals surface area contributed by atoms with E-state index in [2.05, 4.69) is 52.4 Å². The van der Waals surface area contributed by atoms with E-state index in [0.717, 1.165) is 0 Å². The Morgan fingerprint density at radius 3 is 1.79 bits per heavy atom. The predicted octanol–water partition coefficient (Wildman–Crippen LogP) is 3.06. The standard InChI is InChI=1S/C12H28O3Si4/c1-11(12(13)14)9-10-15-19(8)17(4,5)16(2,3)18(19,6)7/h1,9-10H2,2-8H3,(H,13,14). The average molecular weight is 333 g/mol. The molecule has 1 saturated heterocycles. The first kappa shape index (κ1) is 17.1. The van der Waals surface area contributed by atoms with E-state index >= 15 is 0 Å². The third kappa shape index (κ3) is 2.10. The van der Waals surface area contributed by atoms with Crippen LogP contribution in [0.3, 0.4) is 0 Å². The highest BCUT2D eigenvalue weighted by molar-refractivity contribution is 8.12. The lowest BCUT2D eigenvalue weighted by molar-refractivity contribution is -0.132. The fourth-order valence-corrected chi connectivity index (χ4v) is 132. The summed E-state index contributed by atoms with van der Waals surface area (Å²) in [5, 5.41) is 8.85. The molecule has 0 amide bonds. The van der Waals surface area contributed by atoms with Crippen molar-refractivity contribution in [2.45, 2.75) is 52.2 Å². The molecule has 1 aliphatic heterocycles. The third-order valence-electron chi connectivity index (χ3n) is 6.61. The van der Waals surface area contributed by atoms with Crippen molar-refractivity contribution in [1.82, 2.24) is 0 Å². The van der Waals surface area contributed by atoms with Gasteiger partial charge in [0.15, 0.2) is 7.35 Å². The number of rotatable bonds is 5. The van der Waals surface area contributed by atoms with E-state index in [4.69, 9.17) is 9.53 Å². The number of carboxylic acids is 1. The molecule has 0 spiro atoms. The van der Waals surface area contributed by atoms with Crippen LogP contribution >= 0.6 is 0 Å². The van der Waals surface area contributed by atoms with Gasteiger partial charge < -0.3 is 9.53 Å². The Morgan fingerprint density at radius 1 is 1.00 bits per heavy atom. The van der Waals surface area contributed by atoms with Crippen molar-refractivity contribution in [1.29, 1.82) is 0 Å². The maximum atomic E-state index is 10.8. The maximum absolute atomic E-state index is 10.8. The molecule has 110 valence electrons. The molecule has 1 fully saturated rings. The number of carbonyl (C=O) groups is 1. The highest BCUT2D eigenvalue weighted by Crippen LogP contribution is 2.51. The molecule has 0 unspecified atom stereocenters. The van der Waals surface area contributed by atoms with Gasteiger partial charge in [-0.1, -0.05) is 52.4 Å². The molecular formula is C12H28O3Si4. The number of aliphatic carboxylic acids is 1. The summed E-state index contributed by atoms with van der Waals surface area (Å²) in [5.41, 5.74) is 0.271. The molecule has 1 aliphatic rings. The van der Waals surface area contributed by atoms with E-state index in [1.165, 1.54) is 0 Å². The molecule has 1 heterocycles. The molecule has 0 aromatic heterocycles. The Kier molecular flexibility index (Phi) is 4.31. The Hall–Kier alpha value is 0.0375. The van der Waals surface area contributed by atoms with Crippen LogP contribution in [0.1, 0.15) is 6.42 Å². The SMILES string of the molecule is C=C(CCO[Si]1(C)[Si](C)(C)[Si](C)(C)[Si]1(C)C)C(=O)O. The first-order chi connectivity index (χ1) is 8.33. The second-order valence-electron chi connectivity index (χ2n) is 7.42. The van der Waals surface area contributed by atoms with Crippen LogP contribution in [0.25, 0.3) is 0 Å². The van der Waals surface area contributed by atoms with Crippen LogP contribution in [0, 0.1) is 0 Å². The molecule has 0 radical (unpaired) electrons. The molecule has 7 heteroatoms. The molecule has 0 aliphatic carbocycles. The molecule has 0 bridgehead atoms. The molecule has 0 aromatic rings. The lowest BCUT2D eigenvalue weighted by Gasteiger charge is -2.71. The Balaban J connectivity index is 2.78. The molecule has 19 heavy (non-hydrogen) atoms. The summed E-state index contributed by atoms with van der Waals surface area (Å²) < 4.78 is 6.43. The Labute approximate surface area is 120 Å². The second-order valence-corrected chi connectivity index (χ2v) is 53.7. The summed E-state index contributed by atoms with van der Waals surface area (Å²) in [6.45, 7) is 21.8. The largest absolute Gasteiger partial charge is 0.478 e. The van der Waals surface area contributed by atoms with Gasteiger partial charge in [0.25, 0.3) is 0 Å². The first-order valence-corrected chi connectivity index (χ1v) is 22.3. The molecular weight excluding hydrogens is 304 g/mol. The molecule has 1 N–H and O–H groups in total. The highest BCUT2D eigenvalue weighted by atomic mass is 30.2. The minimum atomic E-state index is -1.58. The molecule has 1 rings (SSSR count). The summed E-state index contributed by atoms with van der Waals surface area (Å²) in [6.07, 6.45) is 0.467. The lowest BCUT2D eigenvalue weighted by atomic mass is 10.2. The van der Waals surface area contributed by atoms with Gasteiger partial charge in [0, 0.05) is 25.7 Å². The van der Waals surface area contributed by atoms with E-state index in [-0.39, 0.29) is 5.57 Å². The van der Waals surface area contributed by atoms with Gasteiger partial charge in [0.05, 0.1) is 14.2 Å². The average Bonchev–Trinajstić information content (AvgIpc) is 2.26. The molecule has 0 atom stereocenters. The second kappa shape index (κ2) is 4.80. The summed E-state index contributed by atoms with van der Waals surface area (Å²) in [6, 6.07) is 0. The van der Waals surface area contributed by atoms with E-state index in [0.29, 0.717) is 13.0 Å². The predicted molar refractivity (Wildman–Crippen MR) is 91.4 cm³/mol. The van der Waals surface area contributed by atoms with Crippen LogP contribution in [-0.4, -0.2) is 46.4 Å². The van der Waals surface area contributed by atoms with Gasteiger partial charge in [0.1, 0.15) is 0 Å². The van der Waals surface area contributed by atoms with Gasteiger partial charge in [-0.15, -0.1) is 0 Å². The summed E-state index contributed by atoms with van der Waals surface area (Å²) in [7, 11) is -5.10. The van der Waals surface area contributed by atoms with E-state index in [1.807, 2.05) is 0 Å². The van der Waals surface area contributed by atoms with Crippen molar-refractivity contribution >= 4 is 34.6 Å². The summed E-state index contributed by atoms with van der Waals surface area (Å²) in [4.78, 5) is 10.8. The zero-order valence-electron chi connectivity index (χ0n) is 13.4. The Bertz CT molecular complexity index is 397. The van der Waals surface area contributed by atoms with Crippen LogP contribution in [0.5, 0.6) is 0 Å². The number of hydrogen-bond acceptors (Lipinski definition) is 2. The number of hydrogen-bond donors (Lipinski definition) is 1. The summed E-state index contributed by atoms with van der Waals surface area (Å²) >= 11 is 0.